The van der Waals surface area contributed by atoms with Gasteiger partial charge in [0.05, 0.1) is 6.04 Å². The number of hydrogen-bond donors (Lipinski definition) is 2. The number of halogens is 1. The topological polar surface area (TPSA) is 46.2 Å². The summed E-state index contributed by atoms with van der Waals surface area (Å²) in [6.07, 6.45) is 0. The Labute approximate surface area is 87.1 Å². The van der Waals surface area contributed by atoms with Crippen LogP contribution in [0.4, 0.5) is 4.39 Å². The highest BCUT2D eigenvalue weighted by atomic mass is 19.1. The molecule has 0 saturated carbocycles. The van der Waals surface area contributed by atoms with Gasteiger partial charge < -0.3 is 10.8 Å². The summed E-state index contributed by atoms with van der Waals surface area (Å²) >= 11 is 0. The van der Waals surface area contributed by atoms with Gasteiger partial charge in [0, 0.05) is 5.39 Å². The Bertz CT molecular complexity index is 484. The van der Waals surface area contributed by atoms with Crippen molar-refractivity contribution in [3.05, 3.63) is 42.0 Å². The van der Waals surface area contributed by atoms with Crippen molar-refractivity contribution < 1.29 is 9.50 Å². The third kappa shape index (κ3) is 1.66. The van der Waals surface area contributed by atoms with Crippen molar-refractivity contribution in [2.24, 2.45) is 5.73 Å². The van der Waals surface area contributed by atoms with Gasteiger partial charge >= 0.3 is 0 Å². The summed E-state index contributed by atoms with van der Waals surface area (Å²) in [5.41, 5.74) is 6.38. The number of benzene rings is 2. The van der Waals surface area contributed by atoms with Crippen LogP contribution in [0.1, 0.15) is 11.6 Å². The van der Waals surface area contributed by atoms with Crippen LogP contribution in [0, 0.1) is 0 Å². The van der Waals surface area contributed by atoms with Crippen LogP contribution in [-0.4, -0.2) is 11.8 Å². The van der Waals surface area contributed by atoms with Gasteiger partial charge in [-0.15, -0.1) is 0 Å². The first-order valence-corrected chi connectivity index (χ1v) is 4.76. The summed E-state index contributed by atoms with van der Waals surface area (Å²) < 4.78 is 12.5. The Balaban J connectivity index is 2.71. The molecule has 2 rings (SSSR count). The van der Waals surface area contributed by atoms with E-state index in [0.717, 1.165) is 10.9 Å². The van der Waals surface area contributed by atoms with Gasteiger partial charge in [-0.05, 0) is 17.0 Å². The molecule has 0 saturated heterocycles. The molecule has 0 fully saturated rings. The third-order valence-corrected chi connectivity index (χ3v) is 2.50. The lowest BCUT2D eigenvalue weighted by Gasteiger charge is -2.11. The zero-order chi connectivity index (χ0) is 10.8. The number of rotatable bonds is 2. The van der Waals surface area contributed by atoms with E-state index < -0.39 is 12.7 Å². The summed E-state index contributed by atoms with van der Waals surface area (Å²) in [6, 6.07) is 9.88. The molecule has 0 aromatic heterocycles. The molecule has 2 aromatic rings. The molecule has 3 heteroatoms. The second-order valence-corrected chi connectivity index (χ2v) is 3.48. The van der Waals surface area contributed by atoms with Crippen molar-refractivity contribution in [3.63, 3.8) is 0 Å². The maximum Gasteiger partial charge on any atom is 0.123 e. The lowest BCUT2D eigenvalue weighted by atomic mass is 9.99. The minimum absolute atomic E-state index is 0.195. The molecular formula is C12H12FNO. The first-order valence-electron chi connectivity index (χ1n) is 4.76. The summed E-state index contributed by atoms with van der Waals surface area (Å²) in [5, 5.41) is 11.1. The average molecular weight is 205 g/mol. The van der Waals surface area contributed by atoms with E-state index in [1.807, 2.05) is 18.2 Å². The van der Waals surface area contributed by atoms with E-state index in [1.165, 1.54) is 0 Å². The zero-order valence-electron chi connectivity index (χ0n) is 8.15. The molecule has 0 aliphatic rings. The fraction of sp³-hybridized carbons (Fsp3) is 0.167. The van der Waals surface area contributed by atoms with E-state index in [2.05, 4.69) is 0 Å². The van der Waals surface area contributed by atoms with E-state index in [1.54, 1.807) is 18.2 Å². The average Bonchev–Trinajstić information content (AvgIpc) is 2.29. The first-order chi connectivity index (χ1) is 7.24. The monoisotopic (exact) mass is 205 g/mol. The lowest BCUT2D eigenvalue weighted by molar-refractivity contribution is 0.438. The normalized spacial score (nSPS) is 12.9. The number of fused-ring (bicyclic) bond motifs is 1. The van der Waals surface area contributed by atoms with Crippen LogP contribution >= 0.6 is 0 Å². The van der Waals surface area contributed by atoms with Gasteiger partial charge in [0.15, 0.2) is 0 Å². The first kappa shape index (κ1) is 9.93. The van der Waals surface area contributed by atoms with Crippen LogP contribution in [0.2, 0.25) is 0 Å². The number of hydrogen-bond acceptors (Lipinski definition) is 2. The molecule has 0 radical (unpaired) electrons. The molecule has 0 heterocycles. The summed E-state index contributed by atoms with van der Waals surface area (Å²) in [7, 11) is 0. The van der Waals surface area contributed by atoms with E-state index in [4.69, 9.17) is 5.73 Å². The summed E-state index contributed by atoms with van der Waals surface area (Å²) in [5.74, 6) is 0.195. The van der Waals surface area contributed by atoms with E-state index in [0.29, 0.717) is 5.39 Å². The summed E-state index contributed by atoms with van der Waals surface area (Å²) in [6.45, 7) is -0.602. The SMILES string of the molecule is N[C@@H](CF)c1ccc(O)c2ccccc12. The minimum atomic E-state index is -0.629. The van der Waals surface area contributed by atoms with E-state index >= 15 is 0 Å². The van der Waals surface area contributed by atoms with E-state index in [9.17, 15) is 9.50 Å². The number of alkyl halides is 1. The maximum atomic E-state index is 12.5. The van der Waals surface area contributed by atoms with Crippen LogP contribution < -0.4 is 5.73 Å². The highest BCUT2D eigenvalue weighted by molar-refractivity contribution is 5.91. The fourth-order valence-electron chi connectivity index (χ4n) is 1.71. The van der Waals surface area contributed by atoms with Crippen molar-refractivity contribution in [2.75, 3.05) is 6.67 Å². The third-order valence-electron chi connectivity index (χ3n) is 2.50. The number of phenols is 1. The van der Waals surface area contributed by atoms with Gasteiger partial charge in [0.2, 0.25) is 0 Å². The molecule has 78 valence electrons. The predicted molar refractivity (Wildman–Crippen MR) is 58.5 cm³/mol. The Hall–Kier alpha value is -1.61. The smallest absolute Gasteiger partial charge is 0.123 e. The molecule has 15 heavy (non-hydrogen) atoms. The molecule has 1 atom stereocenters. The van der Waals surface area contributed by atoms with Crippen molar-refractivity contribution in [1.29, 1.82) is 0 Å². The van der Waals surface area contributed by atoms with Crippen LogP contribution in [0.3, 0.4) is 0 Å². The number of nitrogens with two attached hydrogens (primary N) is 1. The van der Waals surface area contributed by atoms with Crippen LogP contribution in [0.5, 0.6) is 5.75 Å². The lowest BCUT2D eigenvalue weighted by Crippen LogP contribution is -2.12. The van der Waals surface area contributed by atoms with Crippen molar-refractivity contribution in [2.45, 2.75) is 6.04 Å². The maximum absolute atomic E-state index is 12.5. The van der Waals surface area contributed by atoms with Crippen LogP contribution in [-0.2, 0) is 0 Å². The van der Waals surface area contributed by atoms with Crippen LogP contribution in [0.25, 0.3) is 10.8 Å². The standard InChI is InChI=1S/C12H12FNO/c13-7-11(14)9-5-6-12(15)10-4-2-1-3-8(9)10/h1-6,11,15H,7,14H2/t11-/m0/s1. The second kappa shape index (κ2) is 3.87. The molecule has 0 spiro atoms. The molecule has 0 amide bonds. The molecule has 3 N–H and O–H groups in total. The van der Waals surface area contributed by atoms with Gasteiger partial charge in [-0.25, -0.2) is 4.39 Å². The van der Waals surface area contributed by atoms with Gasteiger partial charge in [-0.3, -0.25) is 0 Å². The van der Waals surface area contributed by atoms with E-state index in [-0.39, 0.29) is 5.75 Å². The van der Waals surface area contributed by atoms with Crippen molar-refractivity contribution in [3.8, 4) is 5.75 Å². The highest BCUT2D eigenvalue weighted by Crippen LogP contribution is 2.30. The Morgan fingerprint density at radius 2 is 1.80 bits per heavy atom. The Morgan fingerprint density at radius 3 is 2.47 bits per heavy atom. The molecule has 0 aliphatic heterocycles. The predicted octanol–water partition coefficient (Wildman–Crippen LogP) is 2.51. The minimum Gasteiger partial charge on any atom is -0.507 e. The Morgan fingerprint density at radius 1 is 1.13 bits per heavy atom. The fourth-order valence-corrected chi connectivity index (χ4v) is 1.71. The highest BCUT2D eigenvalue weighted by Gasteiger charge is 2.10. The summed E-state index contributed by atoms with van der Waals surface area (Å²) in [4.78, 5) is 0. The quantitative estimate of drug-likeness (QED) is 0.791. The number of phenolic OH excluding ortho intramolecular Hbond substituents is 1. The molecular weight excluding hydrogens is 193 g/mol. The van der Waals surface area contributed by atoms with Crippen molar-refractivity contribution in [1.82, 2.24) is 0 Å². The van der Waals surface area contributed by atoms with Crippen LogP contribution in [0.15, 0.2) is 36.4 Å². The zero-order valence-corrected chi connectivity index (χ0v) is 8.15. The van der Waals surface area contributed by atoms with Gasteiger partial charge in [0.1, 0.15) is 12.4 Å². The largest absolute Gasteiger partial charge is 0.507 e. The van der Waals surface area contributed by atoms with Gasteiger partial charge in [-0.1, -0.05) is 30.3 Å². The number of aromatic hydroxyl groups is 1. The van der Waals surface area contributed by atoms with Crippen molar-refractivity contribution >= 4 is 10.8 Å². The molecule has 0 aliphatic carbocycles. The molecule has 0 unspecified atom stereocenters. The Kier molecular flexibility index (Phi) is 2.56. The molecule has 0 bridgehead atoms. The molecule has 2 nitrogen and oxygen atoms in total. The molecule has 2 aromatic carbocycles. The van der Waals surface area contributed by atoms with Gasteiger partial charge in [0.25, 0.3) is 0 Å². The second-order valence-electron chi connectivity index (χ2n) is 3.48. The van der Waals surface area contributed by atoms with Gasteiger partial charge in [-0.2, -0.15) is 0 Å².